The number of benzene rings is 1. The van der Waals surface area contributed by atoms with E-state index >= 15 is 0 Å². The van der Waals surface area contributed by atoms with E-state index in [-0.39, 0.29) is 0 Å². The van der Waals surface area contributed by atoms with Crippen molar-refractivity contribution in [2.75, 3.05) is 0 Å². The molecule has 1 aliphatic rings. The Morgan fingerprint density at radius 1 is 1.16 bits per heavy atom. The minimum Gasteiger partial charge on any atom is -0.464 e. The maximum Gasteiger partial charge on any atom is 0.117 e. The smallest absolute Gasteiger partial charge is 0.117 e. The highest BCUT2D eigenvalue weighted by molar-refractivity contribution is 5.25. The first-order valence-corrected chi connectivity index (χ1v) is 7.08. The summed E-state index contributed by atoms with van der Waals surface area (Å²) in [6, 6.07) is 12.7. The van der Waals surface area contributed by atoms with Crippen molar-refractivity contribution in [1.29, 1.82) is 0 Å². The molecule has 1 saturated carbocycles. The van der Waals surface area contributed by atoms with Gasteiger partial charge in [-0.1, -0.05) is 31.2 Å². The summed E-state index contributed by atoms with van der Waals surface area (Å²) >= 11 is 0. The lowest BCUT2D eigenvalue weighted by molar-refractivity contribution is 0.444. The van der Waals surface area contributed by atoms with Gasteiger partial charge in [-0.15, -0.1) is 0 Å². The van der Waals surface area contributed by atoms with Gasteiger partial charge in [-0.05, 0) is 42.5 Å². The maximum absolute atomic E-state index is 5.88. The van der Waals surface area contributed by atoms with Crippen LogP contribution in [-0.4, -0.2) is 0 Å². The van der Waals surface area contributed by atoms with Gasteiger partial charge in [0.05, 0.1) is 6.54 Å². The topological polar surface area (TPSA) is 25.2 Å². The van der Waals surface area contributed by atoms with Crippen LogP contribution in [0.1, 0.15) is 41.9 Å². The van der Waals surface area contributed by atoms with Gasteiger partial charge in [0, 0.05) is 12.5 Å². The third-order valence-electron chi connectivity index (χ3n) is 4.03. The molecule has 1 N–H and O–H groups in total. The molecule has 1 fully saturated rings. The van der Waals surface area contributed by atoms with E-state index < -0.39 is 0 Å². The van der Waals surface area contributed by atoms with Gasteiger partial charge >= 0.3 is 0 Å². The van der Waals surface area contributed by atoms with Crippen LogP contribution in [0.15, 0.2) is 40.8 Å². The summed E-state index contributed by atoms with van der Waals surface area (Å²) in [6.45, 7) is 6.12. The number of hydrogen-bond donors (Lipinski definition) is 1. The zero-order chi connectivity index (χ0) is 13.2. The molecule has 1 heterocycles. The van der Waals surface area contributed by atoms with Gasteiger partial charge in [0.15, 0.2) is 0 Å². The molecule has 0 bridgehead atoms. The molecule has 0 spiro atoms. The van der Waals surface area contributed by atoms with Crippen LogP contribution in [0.25, 0.3) is 0 Å². The van der Waals surface area contributed by atoms with Crippen molar-refractivity contribution >= 4 is 0 Å². The van der Waals surface area contributed by atoms with Crippen LogP contribution < -0.4 is 5.32 Å². The summed E-state index contributed by atoms with van der Waals surface area (Å²) in [5.74, 6) is 3.69. The number of rotatable bonds is 5. The Bertz CT molecular complexity index is 558. The second-order valence-electron chi connectivity index (χ2n) is 5.65. The molecule has 1 aromatic carbocycles. The first-order valence-electron chi connectivity index (χ1n) is 7.08. The molecule has 3 rings (SSSR count). The van der Waals surface area contributed by atoms with Gasteiger partial charge in [0.1, 0.15) is 11.5 Å². The van der Waals surface area contributed by atoms with Crippen LogP contribution in [0.3, 0.4) is 0 Å². The minimum absolute atomic E-state index is 0.671. The zero-order valence-electron chi connectivity index (χ0n) is 11.6. The number of aryl methyl sites for hydroxylation is 1. The molecule has 0 radical (unpaired) electrons. The zero-order valence-corrected chi connectivity index (χ0v) is 11.6. The van der Waals surface area contributed by atoms with Gasteiger partial charge in [-0.25, -0.2) is 0 Å². The van der Waals surface area contributed by atoms with E-state index in [9.17, 15) is 0 Å². The molecular formula is C17H21NO. The van der Waals surface area contributed by atoms with E-state index in [4.69, 9.17) is 4.42 Å². The molecule has 100 valence electrons. The van der Waals surface area contributed by atoms with Crippen molar-refractivity contribution in [3.05, 3.63) is 59.0 Å². The summed E-state index contributed by atoms with van der Waals surface area (Å²) in [7, 11) is 0. The number of nitrogens with one attached hydrogen (secondary N) is 1. The van der Waals surface area contributed by atoms with Gasteiger partial charge in [-0.2, -0.15) is 0 Å². The highest BCUT2D eigenvalue weighted by Gasteiger charge is 2.36. The first kappa shape index (κ1) is 12.5. The summed E-state index contributed by atoms with van der Waals surface area (Å²) in [5.41, 5.74) is 2.69. The molecule has 2 aromatic rings. The molecule has 19 heavy (non-hydrogen) atoms. The van der Waals surface area contributed by atoms with Crippen LogP contribution in [-0.2, 0) is 13.1 Å². The standard InChI is InChI=1S/C17H21NO/c1-12-5-3-4-6-14(12)10-18-11-15-7-8-17(19-15)16-9-13(16)2/h3-8,13,16,18H,9-11H2,1-2H3. The molecule has 0 aliphatic heterocycles. The molecule has 1 aliphatic carbocycles. The maximum atomic E-state index is 5.88. The summed E-state index contributed by atoms with van der Waals surface area (Å²) in [6.07, 6.45) is 1.28. The van der Waals surface area contributed by atoms with Crippen molar-refractivity contribution in [1.82, 2.24) is 5.32 Å². The van der Waals surface area contributed by atoms with Crippen molar-refractivity contribution in [2.24, 2.45) is 5.92 Å². The lowest BCUT2D eigenvalue weighted by Crippen LogP contribution is -2.12. The van der Waals surface area contributed by atoms with Crippen molar-refractivity contribution in [3.8, 4) is 0 Å². The quantitative estimate of drug-likeness (QED) is 0.873. The molecule has 2 nitrogen and oxygen atoms in total. The third kappa shape index (κ3) is 2.90. The summed E-state index contributed by atoms with van der Waals surface area (Å²) in [5, 5.41) is 3.45. The molecule has 2 unspecified atom stereocenters. The van der Waals surface area contributed by atoms with E-state index in [2.05, 4.69) is 55.6 Å². The van der Waals surface area contributed by atoms with E-state index in [0.717, 1.165) is 24.8 Å². The lowest BCUT2D eigenvalue weighted by atomic mass is 10.1. The van der Waals surface area contributed by atoms with Crippen molar-refractivity contribution < 1.29 is 4.42 Å². The van der Waals surface area contributed by atoms with Gasteiger partial charge < -0.3 is 9.73 Å². The highest BCUT2D eigenvalue weighted by Crippen LogP contribution is 2.47. The van der Waals surface area contributed by atoms with Gasteiger partial charge in [0.25, 0.3) is 0 Å². The van der Waals surface area contributed by atoms with Crippen LogP contribution in [0, 0.1) is 12.8 Å². The minimum atomic E-state index is 0.671. The molecule has 1 aromatic heterocycles. The fourth-order valence-electron chi connectivity index (χ4n) is 2.54. The SMILES string of the molecule is Cc1ccccc1CNCc1ccc(C2CC2C)o1. The third-order valence-corrected chi connectivity index (χ3v) is 4.03. The Kier molecular flexibility index (Phi) is 3.43. The van der Waals surface area contributed by atoms with E-state index in [0.29, 0.717) is 5.92 Å². The largest absolute Gasteiger partial charge is 0.464 e. The molecule has 0 saturated heterocycles. The fraction of sp³-hybridized carbons (Fsp3) is 0.412. The predicted molar refractivity (Wildman–Crippen MR) is 77.0 cm³/mol. The number of furan rings is 1. The Labute approximate surface area is 114 Å². The average molecular weight is 255 g/mol. The van der Waals surface area contributed by atoms with Crippen molar-refractivity contribution in [3.63, 3.8) is 0 Å². The van der Waals surface area contributed by atoms with E-state index in [1.807, 2.05) is 0 Å². The van der Waals surface area contributed by atoms with E-state index in [1.54, 1.807) is 0 Å². The van der Waals surface area contributed by atoms with Gasteiger partial charge in [-0.3, -0.25) is 0 Å². The first-order chi connectivity index (χ1) is 9.24. The molecule has 2 atom stereocenters. The second-order valence-corrected chi connectivity index (χ2v) is 5.65. The fourth-order valence-corrected chi connectivity index (χ4v) is 2.54. The monoisotopic (exact) mass is 255 g/mol. The van der Waals surface area contributed by atoms with Crippen LogP contribution in [0.2, 0.25) is 0 Å². The van der Waals surface area contributed by atoms with Crippen LogP contribution in [0.4, 0.5) is 0 Å². The highest BCUT2D eigenvalue weighted by atomic mass is 16.3. The molecule has 2 heteroatoms. The second kappa shape index (κ2) is 5.22. The summed E-state index contributed by atoms with van der Waals surface area (Å²) in [4.78, 5) is 0. The van der Waals surface area contributed by atoms with Crippen molar-refractivity contribution in [2.45, 2.75) is 39.3 Å². The number of hydrogen-bond acceptors (Lipinski definition) is 2. The Morgan fingerprint density at radius 3 is 2.68 bits per heavy atom. The van der Waals surface area contributed by atoms with Crippen LogP contribution >= 0.6 is 0 Å². The van der Waals surface area contributed by atoms with Gasteiger partial charge in [0.2, 0.25) is 0 Å². The Morgan fingerprint density at radius 2 is 1.95 bits per heavy atom. The molecular weight excluding hydrogens is 234 g/mol. The van der Waals surface area contributed by atoms with Crippen LogP contribution in [0.5, 0.6) is 0 Å². The molecule has 0 amide bonds. The summed E-state index contributed by atoms with van der Waals surface area (Å²) < 4.78 is 5.88. The lowest BCUT2D eigenvalue weighted by Gasteiger charge is -2.06. The van der Waals surface area contributed by atoms with E-state index in [1.165, 1.54) is 23.3 Å². The Hall–Kier alpha value is -1.54. The predicted octanol–water partition coefficient (Wildman–Crippen LogP) is 4.00. The average Bonchev–Trinajstić information content (AvgIpc) is 2.96. The normalized spacial score (nSPS) is 21.6. The Balaban J connectivity index is 1.52.